The van der Waals surface area contributed by atoms with Crippen LogP contribution in [0.1, 0.15) is 29.5 Å². The molecule has 0 aliphatic heterocycles. The molecule has 0 saturated heterocycles. The lowest BCUT2D eigenvalue weighted by Gasteiger charge is -2.17. The molecule has 3 heteroatoms. The number of halogens is 2. The highest BCUT2D eigenvalue weighted by Gasteiger charge is 2.13. The summed E-state index contributed by atoms with van der Waals surface area (Å²) >= 11 is 3.37. The number of ether oxygens (including phenoxy) is 1. The molecule has 2 aromatic rings. The SMILES string of the molecule is Fc1cccc(CBr)c1Oc1ccc2c(c1)CCCC2. The lowest BCUT2D eigenvalue weighted by molar-refractivity contribution is 0.437. The average molecular weight is 335 g/mol. The first-order chi connectivity index (χ1) is 9.78. The van der Waals surface area contributed by atoms with Crippen molar-refractivity contribution in [1.82, 2.24) is 0 Å². The number of para-hydroxylation sites is 1. The summed E-state index contributed by atoms with van der Waals surface area (Å²) in [5, 5.41) is 0.574. The van der Waals surface area contributed by atoms with Crippen LogP contribution < -0.4 is 4.74 Å². The normalized spacial score (nSPS) is 13.9. The highest BCUT2D eigenvalue weighted by molar-refractivity contribution is 9.08. The molecule has 0 spiro atoms. The van der Waals surface area contributed by atoms with E-state index in [-0.39, 0.29) is 5.82 Å². The van der Waals surface area contributed by atoms with Gasteiger partial charge in [0.15, 0.2) is 11.6 Å². The van der Waals surface area contributed by atoms with E-state index < -0.39 is 0 Å². The summed E-state index contributed by atoms with van der Waals surface area (Å²) in [5.41, 5.74) is 3.56. The average Bonchev–Trinajstić information content (AvgIpc) is 2.49. The molecular weight excluding hydrogens is 319 g/mol. The van der Waals surface area contributed by atoms with E-state index in [2.05, 4.69) is 28.1 Å². The summed E-state index contributed by atoms with van der Waals surface area (Å²) in [7, 11) is 0. The molecule has 1 aliphatic rings. The molecule has 1 aliphatic carbocycles. The molecule has 20 heavy (non-hydrogen) atoms. The second kappa shape index (κ2) is 5.96. The molecule has 0 N–H and O–H groups in total. The van der Waals surface area contributed by atoms with Gasteiger partial charge >= 0.3 is 0 Å². The van der Waals surface area contributed by atoms with Crippen LogP contribution in [0.4, 0.5) is 4.39 Å². The Morgan fingerprint density at radius 2 is 1.85 bits per heavy atom. The van der Waals surface area contributed by atoms with Gasteiger partial charge in [-0.3, -0.25) is 0 Å². The lowest BCUT2D eigenvalue weighted by Crippen LogP contribution is -2.02. The van der Waals surface area contributed by atoms with Crippen molar-refractivity contribution < 1.29 is 9.13 Å². The van der Waals surface area contributed by atoms with E-state index in [1.165, 1.54) is 30.0 Å². The molecule has 0 unspecified atom stereocenters. The number of benzene rings is 2. The Bertz CT molecular complexity index is 624. The van der Waals surface area contributed by atoms with E-state index in [4.69, 9.17) is 4.74 Å². The number of hydrogen-bond acceptors (Lipinski definition) is 1. The second-order valence-corrected chi connectivity index (χ2v) is 5.66. The van der Waals surface area contributed by atoms with Crippen LogP contribution in [-0.2, 0) is 18.2 Å². The topological polar surface area (TPSA) is 9.23 Å². The maximum absolute atomic E-state index is 13.9. The van der Waals surface area contributed by atoms with Crippen molar-refractivity contribution in [1.29, 1.82) is 0 Å². The zero-order valence-corrected chi connectivity index (χ0v) is 12.7. The van der Waals surface area contributed by atoms with E-state index in [0.717, 1.165) is 24.2 Å². The second-order valence-electron chi connectivity index (χ2n) is 5.10. The molecule has 3 rings (SSSR count). The maximum atomic E-state index is 13.9. The van der Waals surface area contributed by atoms with Crippen LogP contribution in [0, 0.1) is 5.82 Å². The van der Waals surface area contributed by atoms with E-state index in [9.17, 15) is 4.39 Å². The first-order valence-electron chi connectivity index (χ1n) is 6.91. The summed E-state index contributed by atoms with van der Waals surface area (Å²) in [6.45, 7) is 0. The fraction of sp³-hybridized carbons (Fsp3) is 0.294. The minimum atomic E-state index is -0.320. The standard InChI is InChI=1S/C17H16BrFO/c18-11-14-6-3-7-16(19)17(14)20-15-9-8-12-4-1-2-5-13(12)10-15/h3,6-10H,1-2,4-5,11H2. The van der Waals surface area contributed by atoms with Crippen molar-refractivity contribution in [3.05, 3.63) is 58.9 Å². The molecule has 0 aromatic heterocycles. The van der Waals surface area contributed by atoms with Crippen LogP contribution in [0.2, 0.25) is 0 Å². The van der Waals surface area contributed by atoms with Crippen molar-refractivity contribution in [3.8, 4) is 11.5 Å². The minimum Gasteiger partial charge on any atom is -0.454 e. The zero-order chi connectivity index (χ0) is 13.9. The Kier molecular flexibility index (Phi) is 4.06. The van der Waals surface area contributed by atoms with Crippen LogP contribution in [-0.4, -0.2) is 0 Å². The molecule has 0 bridgehead atoms. The van der Waals surface area contributed by atoms with Crippen LogP contribution in [0.25, 0.3) is 0 Å². The fourth-order valence-electron chi connectivity index (χ4n) is 2.66. The monoisotopic (exact) mass is 334 g/mol. The number of alkyl halides is 1. The van der Waals surface area contributed by atoms with Crippen LogP contribution in [0.3, 0.4) is 0 Å². The third-order valence-corrected chi connectivity index (χ3v) is 4.34. The Morgan fingerprint density at radius 1 is 1.05 bits per heavy atom. The minimum absolute atomic E-state index is 0.320. The van der Waals surface area contributed by atoms with Gasteiger partial charge < -0.3 is 4.74 Å². The number of rotatable bonds is 3. The van der Waals surface area contributed by atoms with E-state index in [0.29, 0.717) is 11.1 Å². The van der Waals surface area contributed by atoms with Gasteiger partial charge in [-0.15, -0.1) is 0 Å². The molecule has 0 heterocycles. The van der Waals surface area contributed by atoms with Gasteiger partial charge in [0.25, 0.3) is 0 Å². The third kappa shape index (κ3) is 2.73. The third-order valence-electron chi connectivity index (χ3n) is 3.73. The van der Waals surface area contributed by atoms with Crippen molar-refractivity contribution in [3.63, 3.8) is 0 Å². The van der Waals surface area contributed by atoms with Gasteiger partial charge in [-0.1, -0.05) is 34.1 Å². The Balaban J connectivity index is 1.92. The van der Waals surface area contributed by atoms with Gasteiger partial charge in [0.05, 0.1) is 0 Å². The van der Waals surface area contributed by atoms with Gasteiger partial charge in [0, 0.05) is 10.9 Å². The molecule has 0 atom stereocenters. The molecular formula is C17H16BrFO. The Labute approximate surface area is 126 Å². The summed E-state index contributed by atoms with van der Waals surface area (Å²) in [6, 6.07) is 11.1. The van der Waals surface area contributed by atoms with Crippen molar-refractivity contribution in [2.45, 2.75) is 31.0 Å². The van der Waals surface area contributed by atoms with Gasteiger partial charge in [-0.25, -0.2) is 4.39 Å². The molecule has 104 valence electrons. The predicted octanol–water partition coefficient (Wildman–Crippen LogP) is 5.39. The molecule has 0 radical (unpaired) electrons. The van der Waals surface area contributed by atoms with Gasteiger partial charge in [0.1, 0.15) is 5.75 Å². The van der Waals surface area contributed by atoms with E-state index in [1.807, 2.05) is 12.1 Å². The van der Waals surface area contributed by atoms with Crippen molar-refractivity contribution >= 4 is 15.9 Å². The quantitative estimate of drug-likeness (QED) is 0.683. The Hall–Kier alpha value is -1.35. The molecule has 0 amide bonds. The lowest BCUT2D eigenvalue weighted by atomic mass is 9.92. The van der Waals surface area contributed by atoms with E-state index in [1.54, 1.807) is 6.07 Å². The summed E-state index contributed by atoms with van der Waals surface area (Å²) in [5.74, 6) is 0.720. The van der Waals surface area contributed by atoms with Crippen molar-refractivity contribution in [2.75, 3.05) is 0 Å². The molecule has 0 saturated carbocycles. The maximum Gasteiger partial charge on any atom is 0.167 e. The smallest absolute Gasteiger partial charge is 0.167 e. The predicted molar refractivity (Wildman–Crippen MR) is 82.2 cm³/mol. The van der Waals surface area contributed by atoms with Gasteiger partial charge in [-0.2, -0.15) is 0 Å². The first-order valence-corrected chi connectivity index (χ1v) is 8.03. The molecule has 2 aromatic carbocycles. The summed E-state index contributed by atoms with van der Waals surface area (Å²) in [4.78, 5) is 0. The highest BCUT2D eigenvalue weighted by Crippen LogP contribution is 2.32. The number of fused-ring (bicyclic) bond motifs is 1. The molecule has 0 fully saturated rings. The number of aryl methyl sites for hydroxylation is 2. The molecule has 1 nitrogen and oxygen atoms in total. The Morgan fingerprint density at radius 3 is 2.65 bits per heavy atom. The summed E-state index contributed by atoms with van der Waals surface area (Å²) in [6.07, 6.45) is 4.72. The fourth-order valence-corrected chi connectivity index (χ4v) is 3.11. The van der Waals surface area contributed by atoms with E-state index >= 15 is 0 Å². The van der Waals surface area contributed by atoms with Gasteiger partial charge in [0.2, 0.25) is 0 Å². The number of hydrogen-bond donors (Lipinski definition) is 0. The van der Waals surface area contributed by atoms with Crippen LogP contribution in [0.5, 0.6) is 11.5 Å². The highest BCUT2D eigenvalue weighted by atomic mass is 79.9. The van der Waals surface area contributed by atoms with Gasteiger partial charge in [-0.05, 0) is 55.0 Å². The summed E-state index contributed by atoms with van der Waals surface area (Å²) < 4.78 is 19.7. The van der Waals surface area contributed by atoms with Crippen LogP contribution in [0.15, 0.2) is 36.4 Å². The van der Waals surface area contributed by atoms with Crippen LogP contribution >= 0.6 is 15.9 Å². The first kappa shape index (κ1) is 13.6. The zero-order valence-electron chi connectivity index (χ0n) is 11.2. The van der Waals surface area contributed by atoms with Crippen molar-refractivity contribution in [2.24, 2.45) is 0 Å². The largest absolute Gasteiger partial charge is 0.454 e.